The van der Waals surface area contributed by atoms with Gasteiger partial charge in [-0.3, -0.25) is 0 Å². The first-order valence-electron chi connectivity index (χ1n) is 10.4. The summed E-state index contributed by atoms with van der Waals surface area (Å²) in [5, 5.41) is 8.96. The summed E-state index contributed by atoms with van der Waals surface area (Å²) in [6.07, 6.45) is -0.221. The minimum Gasteiger partial charge on any atom is -0.373 e. The molecule has 0 spiro atoms. The number of hydrogen-bond donors (Lipinski definition) is 2. The van der Waals surface area contributed by atoms with Gasteiger partial charge in [0.2, 0.25) is 5.95 Å². The number of nitrogens with zero attached hydrogens (tertiary/aromatic N) is 4. The van der Waals surface area contributed by atoms with E-state index in [0.29, 0.717) is 41.7 Å². The van der Waals surface area contributed by atoms with Crippen molar-refractivity contribution in [3.05, 3.63) is 66.0 Å². The summed E-state index contributed by atoms with van der Waals surface area (Å²) in [4.78, 5) is 11.4. The monoisotopic (exact) mass is 466 g/mol. The molecule has 3 atom stereocenters. The van der Waals surface area contributed by atoms with Crippen molar-refractivity contribution in [1.29, 1.82) is 5.26 Å². The molecule has 3 aromatic rings. The quantitative estimate of drug-likeness (QED) is 0.573. The summed E-state index contributed by atoms with van der Waals surface area (Å²) in [6.45, 7) is 3.34. The number of nitrogens with one attached hydrogen (secondary N) is 1. The van der Waals surface area contributed by atoms with Gasteiger partial charge in [-0.1, -0.05) is 24.3 Å². The van der Waals surface area contributed by atoms with Crippen molar-refractivity contribution in [3.63, 3.8) is 0 Å². The van der Waals surface area contributed by atoms with Gasteiger partial charge in [-0.05, 0) is 31.2 Å². The first kappa shape index (κ1) is 22.8. The fourth-order valence-electron chi connectivity index (χ4n) is 3.57. The number of rotatable bonds is 6. The fourth-order valence-corrected chi connectivity index (χ4v) is 4.48. The summed E-state index contributed by atoms with van der Waals surface area (Å²) >= 11 is 0. The van der Waals surface area contributed by atoms with E-state index in [4.69, 9.17) is 15.7 Å². The molecule has 1 aliphatic heterocycles. The van der Waals surface area contributed by atoms with Crippen LogP contribution in [-0.4, -0.2) is 46.0 Å². The molecule has 0 aliphatic carbocycles. The number of morpholine rings is 1. The Hall–Kier alpha value is -3.39. The molecular formula is C23H23FN6O2S. The van der Waals surface area contributed by atoms with Gasteiger partial charge in [0, 0.05) is 24.7 Å². The van der Waals surface area contributed by atoms with Crippen LogP contribution in [0.15, 0.2) is 59.5 Å². The van der Waals surface area contributed by atoms with Crippen LogP contribution in [-0.2, 0) is 15.7 Å². The summed E-state index contributed by atoms with van der Waals surface area (Å²) < 4.78 is 35.5. The average Bonchev–Trinajstić information content (AvgIpc) is 2.83. The summed E-state index contributed by atoms with van der Waals surface area (Å²) in [5.41, 5.74) is 6.88. The second-order valence-corrected chi connectivity index (χ2v) is 8.96. The highest BCUT2D eigenvalue weighted by Gasteiger charge is 2.28. The smallest absolute Gasteiger partial charge is 0.222 e. The van der Waals surface area contributed by atoms with Gasteiger partial charge in [-0.2, -0.15) is 10.2 Å². The van der Waals surface area contributed by atoms with E-state index in [0.717, 1.165) is 0 Å². The van der Waals surface area contributed by atoms with Gasteiger partial charge in [-0.25, -0.2) is 18.3 Å². The molecule has 0 saturated carbocycles. The minimum atomic E-state index is -1.34. The number of nitrogens with two attached hydrogens (primary N) is 1. The van der Waals surface area contributed by atoms with Crippen LogP contribution in [0.2, 0.25) is 0 Å². The maximum atomic E-state index is 14.1. The lowest BCUT2D eigenvalue weighted by molar-refractivity contribution is 0.0261. The van der Waals surface area contributed by atoms with Crippen molar-refractivity contribution in [2.75, 3.05) is 30.3 Å². The maximum Gasteiger partial charge on any atom is 0.222 e. The van der Waals surface area contributed by atoms with Crippen LogP contribution in [0.3, 0.4) is 0 Å². The number of halogens is 1. The molecule has 0 bridgehead atoms. The van der Waals surface area contributed by atoms with Crippen LogP contribution >= 0.6 is 0 Å². The minimum absolute atomic E-state index is 0.0146. The van der Waals surface area contributed by atoms with Crippen molar-refractivity contribution in [2.45, 2.75) is 24.0 Å². The Morgan fingerprint density at radius 3 is 2.79 bits per heavy atom. The molecule has 8 nitrogen and oxygen atoms in total. The number of aromatic nitrogens is 2. The van der Waals surface area contributed by atoms with Crippen LogP contribution in [0, 0.1) is 17.1 Å². The van der Waals surface area contributed by atoms with Crippen molar-refractivity contribution in [3.8, 4) is 17.3 Å². The zero-order valence-electron chi connectivity index (χ0n) is 17.9. The Labute approximate surface area is 193 Å². The van der Waals surface area contributed by atoms with E-state index in [1.54, 1.807) is 24.3 Å². The van der Waals surface area contributed by atoms with E-state index in [-0.39, 0.29) is 23.7 Å². The average molecular weight is 467 g/mol. The molecule has 3 unspecified atom stereocenters. The second kappa shape index (κ2) is 10.0. The van der Waals surface area contributed by atoms with Crippen molar-refractivity contribution in [1.82, 2.24) is 14.7 Å². The largest absolute Gasteiger partial charge is 0.373 e. The summed E-state index contributed by atoms with van der Waals surface area (Å²) in [5.74, 6) is 0.0316. The molecule has 0 radical (unpaired) electrons. The first-order chi connectivity index (χ1) is 15.9. The molecule has 1 aliphatic rings. The second-order valence-electron chi connectivity index (χ2n) is 7.66. The van der Waals surface area contributed by atoms with Gasteiger partial charge >= 0.3 is 0 Å². The van der Waals surface area contributed by atoms with E-state index >= 15 is 0 Å². The molecule has 4 rings (SSSR count). The normalized spacial score (nSPS) is 19.1. The van der Waals surface area contributed by atoms with Gasteiger partial charge in [-0.15, -0.1) is 0 Å². The Kier molecular flexibility index (Phi) is 6.93. The molecular weight excluding hydrogens is 443 g/mol. The zero-order chi connectivity index (χ0) is 23.4. The highest BCUT2D eigenvalue weighted by molar-refractivity contribution is 7.83. The van der Waals surface area contributed by atoms with Crippen LogP contribution < -0.4 is 15.4 Å². The molecule has 1 aromatic heterocycles. The van der Waals surface area contributed by atoms with Crippen molar-refractivity contribution in [2.24, 2.45) is 0 Å². The highest BCUT2D eigenvalue weighted by atomic mass is 32.2. The van der Waals surface area contributed by atoms with Gasteiger partial charge < -0.3 is 15.4 Å². The molecule has 1 saturated heterocycles. The Balaban J connectivity index is 1.51. The molecule has 33 heavy (non-hydrogen) atoms. The molecule has 170 valence electrons. The Morgan fingerprint density at radius 2 is 2.06 bits per heavy atom. The van der Waals surface area contributed by atoms with Crippen LogP contribution in [0.1, 0.15) is 12.5 Å². The number of benzene rings is 2. The summed E-state index contributed by atoms with van der Waals surface area (Å²) in [7, 11) is -1.34. The fraction of sp³-hybridized carbons (Fsp3) is 0.261. The lowest BCUT2D eigenvalue weighted by Gasteiger charge is -2.39. The van der Waals surface area contributed by atoms with Gasteiger partial charge in [0.05, 0.1) is 34.9 Å². The summed E-state index contributed by atoms with van der Waals surface area (Å²) in [6, 6.07) is 17.0. The van der Waals surface area contributed by atoms with Crippen LogP contribution in [0.25, 0.3) is 11.3 Å². The van der Waals surface area contributed by atoms with Crippen LogP contribution in [0.5, 0.6) is 0 Å². The van der Waals surface area contributed by atoms with Crippen LogP contribution in [0.4, 0.5) is 16.2 Å². The standard InChI is InChI=1S/C23H23FN6O2S/c1-15-14-32-18(12-27-33(31)19-5-3-2-4-6-19)13-30(15)22-10-21(28-23(26)29-22)16-7-8-17(11-25)20(24)9-16/h2-10,15,18,27H,12-14H2,1H3,(H2,26,28,29). The molecule has 0 amide bonds. The maximum absolute atomic E-state index is 14.1. The third-order valence-corrected chi connectivity index (χ3v) is 6.44. The van der Waals surface area contributed by atoms with E-state index in [1.165, 1.54) is 12.1 Å². The molecule has 10 heteroatoms. The van der Waals surface area contributed by atoms with Crippen molar-refractivity contribution < 1.29 is 13.3 Å². The predicted molar refractivity (Wildman–Crippen MR) is 124 cm³/mol. The number of nitriles is 1. The molecule has 1 fully saturated rings. The predicted octanol–water partition coefficient (Wildman–Crippen LogP) is 2.64. The number of ether oxygens (including phenoxy) is 1. The lowest BCUT2D eigenvalue weighted by Crippen LogP contribution is -2.51. The van der Waals surface area contributed by atoms with E-state index in [1.807, 2.05) is 36.1 Å². The van der Waals surface area contributed by atoms with Gasteiger partial charge in [0.25, 0.3) is 0 Å². The third kappa shape index (κ3) is 5.34. The number of nitrogen functional groups attached to an aromatic ring is 1. The molecule has 2 aromatic carbocycles. The number of hydrogen-bond acceptors (Lipinski definition) is 7. The van der Waals surface area contributed by atoms with E-state index < -0.39 is 16.8 Å². The number of anilines is 2. The Morgan fingerprint density at radius 1 is 1.27 bits per heavy atom. The van der Waals surface area contributed by atoms with Crippen molar-refractivity contribution >= 4 is 22.8 Å². The zero-order valence-corrected chi connectivity index (χ0v) is 18.8. The lowest BCUT2D eigenvalue weighted by atomic mass is 10.1. The first-order valence-corrected chi connectivity index (χ1v) is 11.5. The highest BCUT2D eigenvalue weighted by Crippen LogP contribution is 2.27. The third-order valence-electron chi connectivity index (χ3n) is 5.31. The topological polar surface area (TPSA) is 117 Å². The van der Waals surface area contributed by atoms with E-state index in [9.17, 15) is 8.60 Å². The SMILES string of the molecule is CC1COC(CNS(=O)c2ccccc2)CN1c1cc(-c2ccc(C#N)c(F)c2)nc(N)n1. The van der Waals surface area contributed by atoms with E-state index in [2.05, 4.69) is 14.7 Å². The van der Waals surface area contributed by atoms with Gasteiger partial charge in [0.15, 0.2) is 0 Å². The Bertz CT molecular complexity index is 1200. The molecule has 2 heterocycles. The van der Waals surface area contributed by atoms with Gasteiger partial charge in [0.1, 0.15) is 28.7 Å². The molecule has 3 N–H and O–H groups in total.